The molecule has 0 aliphatic carbocycles. The maximum Gasteiger partial charge on any atom is 0.246 e. The van der Waals surface area contributed by atoms with Crippen LogP contribution in [0.1, 0.15) is 68.6 Å². The molecule has 3 saturated heterocycles. The van der Waals surface area contributed by atoms with Crippen LogP contribution in [0.15, 0.2) is 91.0 Å². The fraction of sp³-hybridized carbons (Fsp3) is 0.475. The van der Waals surface area contributed by atoms with Crippen molar-refractivity contribution in [1.29, 1.82) is 0 Å². The number of amides is 3. The predicted molar refractivity (Wildman–Crippen MR) is 187 cm³/mol. The molecule has 3 aromatic rings. The van der Waals surface area contributed by atoms with Crippen LogP contribution in [0.3, 0.4) is 0 Å². The molecule has 0 saturated carbocycles. The number of benzene rings is 3. The Balaban J connectivity index is 1.22. The largest absolute Gasteiger partial charge is 0.391 e. The van der Waals surface area contributed by atoms with E-state index in [1.807, 2.05) is 54.6 Å². The number of aliphatic hydroxyl groups excluding tert-OH is 1. The van der Waals surface area contributed by atoms with Gasteiger partial charge in [0.2, 0.25) is 17.7 Å². The first-order valence-electron chi connectivity index (χ1n) is 17.9. The highest BCUT2D eigenvalue weighted by molar-refractivity contribution is 5.93. The van der Waals surface area contributed by atoms with Crippen molar-refractivity contribution in [2.75, 3.05) is 39.3 Å². The van der Waals surface area contributed by atoms with Gasteiger partial charge in [0, 0.05) is 39.0 Å². The molecule has 6 rings (SSSR count). The molecule has 254 valence electrons. The van der Waals surface area contributed by atoms with Crippen molar-refractivity contribution in [2.45, 2.75) is 75.5 Å². The summed E-state index contributed by atoms with van der Waals surface area (Å²) in [7, 11) is 0. The van der Waals surface area contributed by atoms with E-state index in [-0.39, 0.29) is 37.1 Å². The zero-order valence-electron chi connectivity index (χ0n) is 28.2. The molecule has 2 N–H and O–H groups in total. The summed E-state index contributed by atoms with van der Waals surface area (Å²) in [6.45, 7) is 6.57. The second-order valence-corrected chi connectivity index (χ2v) is 13.9. The van der Waals surface area contributed by atoms with Gasteiger partial charge in [-0.05, 0) is 67.8 Å². The number of hydrogen-bond donors (Lipinski definition) is 2. The summed E-state index contributed by atoms with van der Waals surface area (Å²) in [4.78, 5) is 48.1. The third-order valence-electron chi connectivity index (χ3n) is 10.6. The van der Waals surface area contributed by atoms with Gasteiger partial charge in [-0.3, -0.25) is 14.4 Å². The van der Waals surface area contributed by atoms with Gasteiger partial charge >= 0.3 is 0 Å². The van der Waals surface area contributed by atoms with E-state index < -0.39 is 23.6 Å². The number of rotatable bonds is 11. The van der Waals surface area contributed by atoms with Crippen LogP contribution in [0.5, 0.6) is 0 Å². The third-order valence-corrected chi connectivity index (χ3v) is 10.6. The highest BCUT2D eigenvalue weighted by Gasteiger charge is 2.47. The molecule has 48 heavy (non-hydrogen) atoms. The SMILES string of the molecule is CCCN1CCC[C@@H](CNC(=O)[C@H]2CCCN2C(=O)[C@@H]2C[C@@H](O)CN2C(=O)CC(c2ccccc2)(c2ccccc2)c2ccccc2)C1. The summed E-state index contributed by atoms with van der Waals surface area (Å²) in [5.41, 5.74) is 2.12. The van der Waals surface area contributed by atoms with Crippen LogP contribution in [0.4, 0.5) is 0 Å². The van der Waals surface area contributed by atoms with E-state index in [0.29, 0.717) is 25.4 Å². The summed E-state index contributed by atoms with van der Waals surface area (Å²) < 4.78 is 0. The minimum atomic E-state index is -0.818. The molecule has 0 aromatic heterocycles. The molecule has 3 aliphatic heterocycles. The van der Waals surface area contributed by atoms with Gasteiger partial charge in [-0.15, -0.1) is 0 Å². The number of nitrogens with zero attached hydrogens (tertiary/aromatic N) is 3. The predicted octanol–water partition coefficient (Wildman–Crippen LogP) is 4.60. The molecule has 3 heterocycles. The van der Waals surface area contributed by atoms with Gasteiger partial charge in [-0.1, -0.05) is 97.9 Å². The van der Waals surface area contributed by atoms with Crippen LogP contribution < -0.4 is 5.32 Å². The van der Waals surface area contributed by atoms with E-state index in [4.69, 9.17) is 0 Å². The number of carbonyl (C=O) groups is 3. The van der Waals surface area contributed by atoms with E-state index >= 15 is 0 Å². The Labute approximate surface area is 285 Å². The Morgan fingerprint density at radius 1 is 0.771 bits per heavy atom. The van der Waals surface area contributed by atoms with Gasteiger partial charge in [0.25, 0.3) is 0 Å². The number of aliphatic hydroxyl groups is 1. The van der Waals surface area contributed by atoms with Gasteiger partial charge in [0.1, 0.15) is 12.1 Å². The molecule has 8 nitrogen and oxygen atoms in total. The molecule has 8 heteroatoms. The van der Waals surface area contributed by atoms with Gasteiger partial charge in [-0.2, -0.15) is 0 Å². The lowest BCUT2D eigenvalue weighted by Gasteiger charge is -2.38. The Morgan fingerprint density at radius 3 is 1.94 bits per heavy atom. The Bertz CT molecular complexity index is 1420. The second kappa shape index (κ2) is 15.5. The number of carbonyl (C=O) groups excluding carboxylic acids is 3. The van der Waals surface area contributed by atoms with E-state index in [9.17, 15) is 19.5 Å². The van der Waals surface area contributed by atoms with Gasteiger partial charge in [0.05, 0.1) is 11.5 Å². The van der Waals surface area contributed by atoms with Crippen LogP contribution in [-0.4, -0.2) is 95.0 Å². The van der Waals surface area contributed by atoms with Crippen molar-refractivity contribution in [3.8, 4) is 0 Å². The number of hydrogen-bond acceptors (Lipinski definition) is 5. The third kappa shape index (κ3) is 7.20. The van der Waals surface area contributed by atoms with Crippen LogP contribution in [-0.2, 0) is 19.8 Å². The van der Waals surface area contributed by atoms with Gasteiger partial charge in [-0.25, -0.2) is 0 Å². The van der Waals surface area contributed by atoms with E-state index in [2.05, 4.69) is 53.5 Å². The maximum absolute atomic E-state index is 14.6. The molecule has 0 radical (unpaired) electrons. The summed E-state index contributed by atoms with van der Waals surface area (Å²) >= 11 is 0. The number of β-amino-alcohol motifs (C(OH)–C–C–N with tert-alkyl or cyclic N) is 1. The highest BCUT2D eigenvalue weighted by Crippen LogP contribution is 2.43. The first-order valence-corrected chi connectivity index (χ1v) is 17.9. The lowest BCUT2D eigenvalue weighted by atomic mass is 9.67. The smallest absolute Gasteiger partial charge is 0.246 e. The molecule has 0 spiro atoms. The lowest BCUT2D eigenvalue weighted by molar-refractivity contribution is -0.146. The Hall–Kier alpha value is -4.01. The number of piperidine rings is 1. The lowest BCUT2D eigenvalue weighted by Crippen LogP contribution is -2.54. The average molecular weight is 651 g/mol. The highest BCUT2D eigenvalue weighted by atomic mass is 16.3. The standard InChI is InChI=1S/C40H50N4O4/c1-2-22-42-23-12-14-30(28-42)27-41-38(47)35-21-13-24-43(35)39(48)36-25-34(45)29-44(36)37(46)26-40(31-15-6-3-7-16-31,32-17-8-4-9-18-32)33-19-10-5-11-20-33/h3-11,15-20,30,34-36,45H,2,12-14,21-29H2,1H3,(H,41,47)/t30-,34+,35+,36-/m0/s1. The average Bonchev–Trinajstić information content (AvgIpc) is 3.78. The van der Waals surface area contributed by atoms with Gasteiger partial charge in [0.15, 0.2) is 0 Å². The summed E-state index contributed by atoms with van der Waals surface area (Å²) in [5, 5.41) is 14.0. The van der Waals surface area contributed by atoms with Crippen molar-refractivity contribution in [2.24, 2.45) is 5.92 Å². The first kappa shape index (κ1) is 33.9. The summed E-state index contributed by atoms with van der Waals surface area (Å²) in [6, 6.07) is 28.8. The van der Waals surface area contributed by atoms with Crippen molar-refractivity contribution >= 4 is 17.7 Å². The Kier molecular flexibility index (Phi) is 10.9. The molecule has 4 atom stereocenters. The molecule has 3 aromatic carbocycles. The monoisotopic (exact) mass is 650 g/mol. The van der Waals surface area contributed by atoms with Crippen LogP contribution in [0.25, 0.3) is 0 Å². The van der Waals surface area contributed by atoms with Crippen molar-refractivity contribution in [3.63, 3.8) is 0 Å². The van der Waals surface area contributed by atoms with E-state index in [1.165, 1.54) is 0 Å². The molecular weight excluding hydrogens is 600 g/mol. The fourth-order valence-electron chi connectivity index (χ4n) is 8.32. The molecular formula is C40H50N4O4. The second-order valence-electron chi connectivity index (χ2n) is 13.9. The molecule has 3 amide bonds. The van der Waals surface area contributed by atoms with Crippen molar-refractivity contribution in [1.82, 2.24) is 20.0 Å². The zero-order chi connectivity index (χ0) is 33.5. The van der Waals surface area contributed by atoms with E-state index in [1.54, 1.807) is 9.80 Å². The maximum atomic E-state index is 14.6. The van der Waals surface area contributed by atoms with Crippen LogP contribution >= 0.6 is 0 Å². The fourth-order valence-corrected chi connectivity index (χ4v) is 8.32. The van der Waals surface area contributed by atoms with E-state index in [0.717, 1.165) is 62.0 Å². The summed E-state index contributed by atoms with van der Waals surface area (Å²) in [5.74, 6) is -0.136. The number of likely N-dealkylation sites (tertiary alicyclic amines) is 3. The summed E-state index contributed by atoms with van der Waals surface area (Å²) in [6.07, 6.45) is 4.15. The Morgan fingerprint density at radius 2 is 1.35 bits per heavy atom. The normalized spacial score (nSPS) is 23.3. The molecule has 0 unspecified atom stereocenters. The first-order chi connectivity index (χ1) is 23.4. The minimum Gasteiger partial charge on any atom is -0.391 e. The van der Waals surface area contributed by atoms with Crippen LogP contribution in [0, 0.1) is 5.92 Å². The molecule has 3 aliphatic rings. The van der Waals surface area contributed by atoms with Crippen LogP contribution in [0.2, 0.25) is 0 Å². The zero-order valence-corrected chi connectivity index (χ0v) is 28.2. The topological polar surface area (TPSA) is 93.2 Å². The van der Waals surface area contributed by atoms with Gasteiger partial charge < -0.3 is 25.1 Å². The molecule has 3 fully saturated rings. The molecule has 0 bridgehead atoms. The quantitative estimate of drug-likeness (QED) is 0.296. The van der Waals surface area contributed by atoms with Crippen molar-refractivity contribution < 1.29 is 19.5 Å². The number of nitrogens with one attached hydrogen (secondary N) is 1. The van der Waals surface area contributed by atoms with Crippen molar-refractivity contribution in [3.05, 3.63) is 108 Å². The minimum absolute atomic E-state index is 0.0852.